The van der Waals surface area contributed by atoms with Crippen LogP contribution in [0.25, 0.3) is 21.9 Å². The molecule has 0 spiro atoms. The minimum absolute atomic E-state index is 0.0694. The Bertz CT molecular complexity index is 1060. The summed E-state index contributed by atoms with van der Waals surface area (Å²) in [5.74, 6) is 1.87. The van der Waals surface area contributed by atoms with E-state index in [4.69, 9.17) is 4.74 Å². The molecule has 0 saturated carbocycles. The lowest BCUT2D eigenvalue weighted by atomic mass is 10.2. The Labute approximate surface area is 163 Å². The largest absolute Gasteiger partial charge is 0.497 e. The number of amides is 1. The predicted octanol–water partition coefficient (Wildman–Crippen LogP) is 3.67. The van der Waals surface area contributed by atoms with Crippen molar-refractivity contribution in [2.24, 2.45) is 0 Å². The third-order valence-electron chi connectivity index (χ3n) is 4.91. The molecule has 2 aromatic carbocycles. The van der Waals surface area contributed by atoms with E-state index in [1.807, 2.05) is 54.7 Å². The highest BCUT2D eigenvalue weighted by molar-refractivity contribution is 5.82. The van der Waals surface area contributed by atoms with E-state index in [-0.39, 0.29) is 5.91 Å². The second-order valence-corrected chi connectivity index (χ2v) is 6.84. The first-order valence-corrected chi connectivity index (χ1v) is 9.56. The van der Waals surface area contributed by atoms with Gasteiger partial charge in [-0.25, -0.2) is 4.98 Å². The molecule has 0 aliphatic carbocycles. The van der Waals surface area contributed by atoms with Crippen LogP contribution in [0.3, 0.4) is 0 Å². The van der Waals surface area contributed by atoms with E-state index in [0.717, 1.165) is 46.4 Å². The number of ether oxygens (including phenoxy) is 1. The maximum Gasteiger partial charge on any atom is 0.221 e. The molecule has 2 N–H and O–H groups in total. The highest BCUT2D eigenvalue weighted by atomic mass is 16.5. The number of H-pyrrole nitrogens is 1. The Morgan fingerprint density at radius 1 is 1.21 bits per heavy atom. The minimum atomic E-state index is 0.0694. The van der Waals surface area contributed by atoms with E-state index in [1.54, 1.807) is 7.11 Å². The van der Waals surface area contributed by atoms with Crippen LogP contribution < -0.4 is 10.1 Å². The molecule has 0 aliphatic rings. The molecule has 28 heavy (non-hydrogen) atoms. The molecule has 0 aliphatic heterocycles. The highest BCUT2D eigenvalue weighted by Gasteiger charge is 2.06. The number of carbonyl (C=O) groups is 1. The van der Waals surface area contributed by atoms with Crippen molar-refractivity contribution in [3.8, 4) is 5.75 Å². The van der Waals surface area contributed by atoms with Gasteiger partial charge in [0, 0.05) is 43.0 Å². The fourth-order valence-corrected chi connectivity index (χ4v) is 3.42. The molecule has 0 radical (unpaired) electrons. The molecular weight excluding hydrogens is 352 g/mol. The molecule has 0 fully saturated rings. The monoisotopic (exact) mass is 376 g/mol. The summed E-state index contributed by atoms with van der Waals surface area (Å²) in [5, 5.41) is 4.12. The van der Waals surface area contributed by atoms with E-state index < -0.39 is 0 Å². The van der Waals surface area contributed by atoms with Crippen molar-refractivity contribution in [2.75, 3.05) is 13.7 Å². The molecule has 144 valence electrons. The summed E-state index contributed by atoms with van der Waals surface area (Å²) in [5.41, 5.74) is 3.15. The van der Waals surface area contributed by atoms with E-state index >= 15 is 0 Å². The van der Waals surface area contributed by atoms with Crippen molar-refractivity contribution in [2.45, 2.75) is 25.8 Å². The zero-order valence-electron chi connectivity index (χ0n) is 15.9. The summed E-state index contributed by atoms with van der Waals surface area (Å²) < 4.78 is 7.35. The first-order valence-electron chi connectivity index (χ1n) is 9.56. The first-order chi connectivity index (χ1) is 13.7. The number of fused-ring (bicyclic) bond motifs is 2. The lowest BCUT2D eigenvalue weighted by Gasteiger charge is -2.07. The van der Waals surface area contributed by atoms with Gasteiger partial charge in [0.2, 0.25) is 5.91 Å². The van der Waals surface area contributed by atoms with Crippen molar-refractivity contribution < 1.29 is 9.53 Å². The Balaban J connectivity index is 1.22. The molecular formula is C22H24N4O2. The van der Waals surface area contributed by atoms with Gasteiger partial charge >= 0.3 is 0 Å². The van der Waals surface area contributed by atoms with Crippen molar-refractivity contribution in [1.29, 1.82) is 0 Å². The molecule has 0 atom stereocenters. The second kappa shape index (κ2) is 8.17. The summed E-state index contributed by atoms with van der Waals surface area (Å²) in [6.07, 6.45) is 4.15. The summed E-state index contributed by atoms with van der Waals surface area (Å²) in [6, 6.07) is 16.0. The zero-order valence-corrected chi connectivity index (χ0v) is 15.9. The predicted molar refractivity (Wildman–Crippen MR) is 111 cm³/mol. The number of aromatic nitrogens is 3. The van der Waals surface area contributed by atoms with Gasteiger partial charge in [0.15, 0.2) is 0 Å². The summed E-state index contributed by atoms with van der Waals surface area (Å²) in [4.78, 5) is 20.0. The van der Waals surface area contributed by atoms with Gasteiger partial charge in [0.25, 0.3) is 0 Å². The number of para-hydroxylation sites is 2. The maximum absolute atomic E-state index is 12.2. The van der Waals surface area contributed by atoms with E-state index in [9.17, 15) is 4.79 Å². The second-order valence-electron chi connectivity index (χ2n) is 6.84. The summed E-state index contributed by atoms with van der Waals surface area (Å²) in [7, 11) is 1.66. The Morgan fingerprint density at radius 3 is 2.96 bits per heavy atom. The molecule has 2 aromatic heterocycles. The number of carbonyl (C=O) groups excluding carboxylic acids is 1. The normalized spacial score (nSPS) is 11.2. The SMILES string of the molecule is COc1ccc2c(ccn2CCC(=O)NCCCc2nc3ccccc3[nH]2)c1. The maximum atomic E-state index is 12.2. The number of imidazole rings is 1. The van der Waals surface area contributed by atoms with Crippen LogP contribution in [0.2, 0.25) is 0 Å². The molecule has 1 amide bonds. The van der Waals surface area contributed by atoms with Crippen LogP contribution >= 0.6 is 0 Å². The number of aromatic amines is 1. The summed E-state index contributed by atoms with van der Waals surface area (Å²) in [6.45, 7) is 1.31. The van der Waals surface area contributed by atoms with Crippen molar-refractivity contribution in [1.82, 2.24) is 19.9 Å². The van der Waals surface area contributed by atoms with Crippen LogP contribution in [0.1, 0.15) is 18.7 Å². The third kappa shape index (κ3) is 4.01. The minimum Gasteiger partial charge on any atom is -0.497 e. The van der Waals surface area contributed by atoms with Crippen molar-refractivity contribution >= 4 is 27.8 Å². The van der Waals surface area contributed by atoms with Gasteiger partial charge in [-0.15, -0.1) is 0 Å². The molecule has 6 nitrogen and oxygen atoms in total. The van der Waals surface area contributed by atoms with Crippen LogP contribution in [-0.2, 0) is 17.8 Å². The van der Waals surface area contributed by atoms with Crippen LogP contribution in [0.15, 0.2) is 54.7 Å². The highest BCUT2D eigenvalue weighted by Crippen LogP contribution is 2.22. The molecule has 4 rings (SSSR count). The van der Waals surface area contributed by atoms with Gasteiger partial charge in [-0.05, 0) is 42.8 Å². The smallest absolute Gasteiger partial charge is 0.221 e. The number of nitrogens with one attached hydrogen (secondary N) is 2. The Hall–Kier alpha value is -3.28. The van der Waals surface area contributed by atoms with Crippen molar-refractivity contribution in [3.63, 3.8) is 0 Å². The molecule has 2 heterocycles. The zero-order chi connectivity index (χ0) is 19.3. The van der Waals surface area contributed by atoms with E-state index in [0.29, 0.717) is 19.5 Å². The van der Waals surface area contributed by atoms with Gasteiger partial charge in [-0.2, -0.15) is 0 Å². The molecule has 6 heteroatoms. The Morgan fingerprint density at radius 2 is 2.11 bits per heavy atom. The first kappa shape index (κ1) is 18.1. The average Bonchev–Trinajstić information content (AvgIpc) is 3.32. The number of nitrogens with zero attached hydrogens (tertiary/aromatic N) is 2. The summed E-state index contributed by atoms with van der Waals surface area (Å²) >= 11 is 0. The van der Waals surface area contributed by atoms with Gasteiger partial charge in [-0.3, -0.25) is 4.79 Å². The third-order valence-corrected chi connectivity index (χ3v) is 4.91. The molecule has 0 bridgehead atoms. The van der Waals surface area contributed by atoms with Crippen LogP contribution in [0.5, 0.6) is 5.75 Å². The number of hydrogen-bond acceptors (Lipinski definition) is 3. The average molecular weight is 376 g/mol. The van der Waals surface area contributed by atoms with Crippen LogP contribution in [0, 0.1) is 0 Å². The number of aryl methyl sites for hydroxylation is 2. The standard InChI is InChI=1S/C22H24N4O2/c1-28-17-8-9-20-16(15-17)10-13-26(20)14-11-22(27)23-12-4-7-21-24-18-5-2-3-6-19(18)25-21/h2-3,5-6,8-10,13,15H,4,7,11-12,14H2,1H3,(H,23,27)(H,24,25). The fourth-order valence-electron chi connectivity index (χ4n) is 3.42. The van der Waals surface area contributed by atoms with Gasteiger partial charge in [0.05, 0.1) is 18.1 Å². The van der Waals surface area contributed by atoms with Crippen LogP contribution in [0.4, 0.5) is 0 Å². The van der Waals surface area contributed by atoms with E-state index in [2.05, 4.69) is 19.9 Å². The molecule has 4 aromatic rings. The lowest BCUT2D eigenvalue weighted by molar-refractivity contribution is -0.121. The van der Waals surface area contributed by atoms with Crippen molar-refractivity contribution in [3.05, 3.63) is 60.6 Å². The number of benzene rings is 2. The topological polar surface area (TPSA) is 71.9 Å². The molecule has 0 unspecified atom stereocenters. The van der Waals surface area contributed by atoms with Gasteiger partial charge in [0.1, 0.15) is 11.6 Å². The number of rotatable bonds is 8. The van der Waals surface area contributed by atoms with Gasteiger partial charge in [-0.1, -0.05) is 12.1 Å². The molecule has 0 saturated heterocycles. The van der Waals surface area contributed by atoms with Crippen LogP contribution in [-0.4, -0.2) is 34.1 Å². The number of hydrogen-bond donors (Lipinski definition) is 2. The fraction of sp³-hybridized carbons (Fsp3) is 0.273. The quantitative estimate of drug-likeness (QED) is 0.461. The van der Waals surface area contributed by atoms with E-state index in [1.165, 1.54) is 0 Å². The Kier molecular flexibility index (Phi) is 5.28. The lowest BCUT2D eigenvalue weighted by Crippen LogP contribution is -2.25. The van der Waals surface area contributed by atoms with Gasteiger partial charge < -0.3 is 19.6 Å². The number of methoxy groups -OCH3 is 1.